The molecule has 3 rings (SSSR count). The summed E-state index contributed by atoms with van der Waals surface area (Å²) in [5, 5.41) is 13.0. The number of rotatable bonds is 6. The first-order valence-electron chi connectivity index (χ1n) is 10.4. The van der Waals surface area contributed by atoms with Crippen molar-refractivity contribution in [1.29, 1.82) is 0 Å². The van der Waals surface area contributed by atoms with Crippen molar-refractivity contribution in [3.8, 4) is 5.75 Å². The molecule has 162 valence electrons. The highest BCUT2D eigenvalue weighted by atomic mass is 16.6. The van der Waals surface area contributed by atoms with Crippen LogP contribution in [0.2, 0.25) is 0 Å². The van der Waals surface area contributed by atoms with E-state index >= 15 is 0 Å². The summed E-state index contributed by atoms with van der Waals surface area (Å²) < 4.78 is 10.9. The van der Waals surface area contributed by atoms with Gasteiger partial charge in [-0.15, -0.1) is 0 Å². The molecule has 1 aromatic rings. The van der Waals surface area contributed by atoms with E-state index in [2.05, 4.69) is 19.2 Å². The molecule has 6 heteroatoms. The molecule has 0 fully saturated rings. The lowest BCUT2D eigenvalue weighted by atomic mass is 9.68. The minimum atomic E-state index is -0.524. The largest absolute Gasteiger partial charge is 0.508 e. The quantitative estimate of drug-likeness (QED) is 0.542. The maximum Gasteiger partial charge on any atom is 0.336 e. The minimum Gasteiger partial charge on any atom is -0.508 e. The van der Waals surface area contributed by atoms with E-state index in [0.717, 1.165) is 17.7 Å². The van der Waals surface area contributed by atoms with E-state index in [9.17, 15) is 14.7 Å². The van der Waals surface area contributed by atoms with E-state index < -0.39 is 11.9 Å². The number of aromatic hydroxyl groups is 1. The zero-order valence-electron chi connectivity index (χ0n) is 18.4. The Kier molecular flexibility index (Phi) is 6.36. The molecule has 2 aliphatic rings. The zero-order valence-corrected chi connectivity index (χ0v) is 18.4. The number of Topliss-reactive ketones (excluding diaryl/α,β-unsaturated/α-hetero) is 1. The Bertz CT molecular complexity index is 893. The third-order valence-electron chi connectivity index (χ3n) is 5.45. The van der Waals surface area contributed by atoms with Crippen molar-refractivity contribution in [2.24, 2.45) is 5.41 Å². The Hall–Kier alpha value is -2.60. The topological polar surface area (TPSA) is 84.9 Å². The number of nitrogens with one attached hydrogen (secondary N) is 1. The number of allylic oxidation sites excluding steroid dienone is 3. The van der Waals surface area contributed by atoms with Gasteiger partial charge in [-0.2, -0.15) is 0 Å². The van der Waals surface area contributed by atoms with Gasteiger partial charge in [0, 0.05) is 29.3 Å². The number of ether oxygens (including phenoxy) is 2. The number of hydrogen-bond donors (Lipinski definition) is 2. The fourth-order valence-corrected chi connectivity index (χ4v) is 4.20. The van der Waals surface area contributed by atoms with Crippen LogP contribution < -0.4 is 5.32 Å². The number of hydrogen-bond acceptors (Lipinski definition) is 6. The van der Waals surface area contributed by atoms with E-state index in [1.165, 1.54) is 0 Å². The van der Waals surface area contributed by atoms with Crippen molar-refractivity contribution in [2.45, 2.75) is 59.5 Å². The maximum atomic E-state index is 13.2. The fraction of sp³-hybridized carbons (Fsp3) is 0.500. The minimum absolute atomic E-state index is 0.0350. The molecule has 1 unspecified atom stereocenters. The van der Waals surface area contributed by atoms with E-state index in [4.69, 9.17) is 9.47 Å². The van der Waals surface area contributed by atoms with Crippen LogP contribution in [0.25, 0.3) is 0 Å². The first kappa shape index (κ1) is 22.1. The van der Waals surface area contributed by atoms with Gasteiger partial charge >= 0.3 is 5.97 Å². The predicted molar refractivity (Wildman–Crippen MR) is 114 cm³/mol. The van der Waals surface area contributed by atoms with Crippen LogP contribution in [-0.4, -0.2) is 36.2 Å². The Morgan fingerprint density at radius 1 is 1.20 bits per heavy atom. The molecule has 1 heterocycles. The SMILES string of the molecule is CC1=C(C(=O)OCCOC(C)C)C(c2ccc(O)cc2)C2=C(CC(C)(C)CC2=O)N1. The normalized spacial score (nSPS) is 20.9. The molecular weight excluding hydrogens is 382 g/mol. The summed E-state index contributed by atoms with van der Waals surface area (Å²) in [4.78, 5) is 26.2. The number of phenols is 1. The predicted octanol–water partition coefficient (Wildman–Crippen LogP) is 3.96. The number of dihydropyridines is 1. The Morgan fingerprint density at radius 3 is 2.50 bits per heavy atom. The number of carbonyl (C=O) groups excluding carboxylic acids is 2. The van der Waals surface area contributed by atoms with Gasteiger partial charge in [-0.05, 0) is 50.3 Å². The molecule has 0 saturated heterocycles. The molecule has 0 amide bonds. The fourth-order valence-electron chi connectivity index (χ4n) is 4.20. The molecule has 0 spiro atoms. The highest BCUT2D eigenvalue weighted by Gasteiger charge is 2.43. The van der Waals surface area contributed by atoms with Crippen LogP contribution >= 0.6 is 0 Å². The summed E-state index contributed by atoms with van der Waals surface area (Å²) in [6.07, 6.45) is 1.21. The van der Waals surface area contributed by atoms with Gasteiger partial charge in [0.2, 0.25) is 0 Å². The van der Waals surface area contributed by atoms with E-state index in [0.29, 0.717) is 29.9 Å². The summed E-state index contributed by atoms with van der Waals surface area (Å²) in [5.74, 6) is -0.819. The van der Waals surface area contributed by atoms with Crippen LogP contribution in [0.15, 0.2) is 46.8 Å². The highest BCUT2D eigenvalue weighted by Crippen LogP contribution is 2.46. The summed E-state index contributed by atoms with van der Waals surface area (Å²) >= 11 is 0. The van der Waals surface area contributed by atoms with Gasteiger partial charge < -0.3 is 19.9 Å². The molecule has 1 atom stereocenters. The Balaban J connectivity index is 1.97. The molecule has 6 nitrogen and oxygen atoms in total. The molecule has 30 heavy (non-hydrogen) atoms. The lowest BCUT2D eigenvalue weighted by Gasteiger charge is -2.39. The van der Waals surface area contributed by atoms with Gasteiger partial charge in [0.1, 0.15) is 12.4 Å². The Labute approximate surface area is 178 Å². The number of phenolic OH excluding ortho intramolecular Hbond substituents is 1. The van der Waals surface area contributed by atoms with Crippen LogP contribution in [-0.2, 0) is 19.1 Å². The standard InChI is InChI=1S/C24H31NO5/c1-14(2)29-10-11-30-23(28)20-15(3)25-18-12-24(4,5)13-19(27)22(18)21(20)16-6-8-17(26)9-7-16/h6-9,14,21,25-26H,10-13H2,1-5H3. The van der Waals surface area contributed by atoms with Crippen molar-refractivity contribution in [2.75, 3.05) is 13.2 Å². The van der Waals surface area contributed by atoms with Crippen molar-refractivity contribution < 1.29 is 24.2 Å². The van der Waals surface area contributed by atoms with Gasteiger partial charge in [-0.3, -0.25) is 4.79 Å². The summed E-state index contributed by atoms with van der Waals surface area (Å²) in [5.41, 5.74) is 3.24. The lowest BCUT2D eigenvalue weighted by Crippen LogP contribution is -2.38. The lowest BCUT2D eigenvalue weighted by molar-refractivity contribution is -0.141. The summed E-state index contributed by atoms with van der Waals surface area (Å²) in [6, 6.07) is 6.66. The van der Waals surface area contributed by atoms with Gasteiger partial charge in [0.05, 0.1) is 18.3 Å². The molecule has 1 aromatic carbocycles. The van der Waals surface area contributed by atoms with Crippen LogP contribution in [0.3, 0.4) is 0 Å². The number of carbonyl (C=O) groups is 2. The van der Waals surface area contributed by atoms with Gasteiger partial charge in [0.15, 0.2) is 5.78 Å². The van der Waals surface area contributed by atoms with Crippen LogP contribution in [0.1, 0.15) is 58.9 Å². The second-order valence-electron chi connectivity index (χ2n) is 9.08. The van der Waals surface area contributed by atoms with Crippen molar-refractivity contribution in [3.05, 3.63) is 52.4 Å². The molecule has 1 aliphatic carbocycles. The average molecular weight is 414 g/mol. The first-order chi connectivity index (χ1) is 14.1. The van der Waals surface area contributed by atoms with E-state index in [1.807, 2.05) is 20.8 Å². The van der Waals surface area contributed by atoms with Crippen molar-refractivity contribution >= 4 is 11.8 Å². The number of benzene rings is 1. The number of esters is 1. The smallest absolute Gasteiger partial charge is 0.336 e. The molecule has 0 radical (unpaired) electrons. The third kappa shape index (κ3) is 4.75. The second kappa shape index (κ2) is 8.64. The van der Waals surface area contributed by atoms with Crippen LogP contribution in [0.5, 0.6) is 5.75 Å². The van der Waals surface area contributed by atoms with Crippen LogP contribution in [0, 0.1) is 5.41 Å². The molecule has 0 aromatic heterocycles. The first-order valence-corrected chi connectivity index (χ1v) is 10.4. The summed E-state index contributed by atoms with van der Waals surface area (Å²) in [6.45, 7) is 10.3. The molecule has 1 aliphatic heterocycles. The highest BCUT2D eigenvalue weighted by molar-refractivity contribution is 6.04. The molecule has 2 N–H and O–H groups in total. The van der Waals surface area contributed by atoms with Gasteiger partial charge in [0.25, 0.3) is 0 Å². The van der Waals surface area contributed by atoms with Gasteiger partial charge in [-0.1, -0.05) is 26.0 Å². The maximum absolute atomic E-state index is 13.2. The number of ketones is 1. The third-order valence-corrected chi connectivity index (χ3v) is 5.45. The van der Waals surface area contributed by atoms with Gasteiger partial charge in [-0.25, -0.2) is 4.79 Å². The van der Waals surface area contributed by atoms with Crippen molar-refractivity contribution in [3.63, 3.8) is 0 Å². The molecule has 0 bridgehead atoms. The average Bonchev–Trinajstić information content (AvgIpc) is 2.63. The monoisotopic (exact) mass is 413 g/mol. The second-order valence-corrected chi connectivity index (χ2v) is 9.08. The Morgan fingerprint density at radius 2 is 1.87 bits per heavy atom. The zero-order chi connectivity index (χ0) is 22.1. The van der Waals surface area contributed by atoms with Crippen LogP contribution in [0.4, 0.5) is 0 Å². The molecule has 0 saturated carbocycles. The van der Waals surface area contributed by atoms with E-state index in [-0.39, 0.29) is 29.7 Å². The molecular formula is C24H31NO5. The summed E-state index contributed by atoms with van der Waals surface area (Å²) in [7, 11) is 0. The van der Waals surface area contributed by atoms with Crippen molar-refractivity contribution in [1.82, 2.24) is 5.32 Å². The van der Waals surface area contributed by atoms with E-state index in [1.54, 1.807) is 24.3 Å².